The number of hydrogen-bond donors (Lipinski definition) is 1. The number of aryl methyl sites for hydroxylation is 3. The van der Waals surface area contributed by atoms with Gasteiger partial charge in [-0.1, -0.05) is 59.7 Å². The van der Waals surface area contributed by atoms with Crippen LogP contribution >= 0.6 is 0 Å². The second-order valence-corrected chi connectivity index (χ2v) is 8.10. The summed E-state index contributed by atoms with van der Waals surface area (Å²) in [7, 11) is 0. The predicted octanol–water partition coefficient (Wildman–Crippen LogP) is 5.69. The first kappa shape index (κ1) is 21.4. The lowest BCUT2D eigenvalue weighted by molar-refractivity contribution is 0.102. The maximum Gasteiger partial charge on any atom is 0.256 e. The Morgan fingerprint density at radius 1 is 0.906 bits per heavy atom. The molecule has 162 valence electrons. The standard InChI is InChI=1S/C27H27N3O2/c1-19-7-10-22(11-8-19)17-30-14-13-26(29-30)28-27(31)24-6-4-5-23(16-24)18-32-25-12-9-20(2)15-21(25)3/h4-16H,17-18H2,1-3H3,(H,28,29,31). The number of ether oxygens (including phenoxy) is 1. The van der Waals surface area contributed by atoms with Crippen molar-refractivity contribution in [2.24, 2.45) is 0 Å². The molecule has 0 radical (unpaired) electrons. The zero-order valence-electron chi connectivity index (χ0n) is 18.6. The molecule has 3 aromatic carbocycles. The van der Waals surface area contributed by atoms with Crippen LogP contribution in [0, 0.1) is 20.8 Å². The third-order valence-corrected chi connectivity index (χ3v) is 5.26. The van der Waals surface area contributed by atoms with Crippen molar-refractivity contribution in [2.45, 2.75) is 33.9 Å². The summed E-state index contributed by atoms with van der Waals surface area (Å²) < 4.78 is 7.76. The highest BCUT2D eigenvalue weighted by Crippen LogP contribution is 2.20. The number of anilines is 1. The van der Waals surface area contributed by atoms with Crippen molar-refractivity contribution in [3.05, 3.63) is 112 Å². The molecule has 0 aliphatic heterocycles. The number of nitrogens with zero attached hydrogens (tertiary/aromatic N) is 2. The Morgan fingerprint density at radius 3 is 2.47 bits per heavy atom. The SMILES string of the molecule is Cc1ccc(Cn2ccc(NC(=O)c3cccc(COc4ccc(C)cc4C)c3)n2)cc1. The second-order valence-electron chi connectivity index (χ2n) is 8.10. The summed E-state index contributed by atoms with van der Waals surface area (Å²) in [6.07, 6.45) is 1.86. The number of benzene rings is 3. The van der Waals surface area contributed by atoms with E-state index in [0.29, 0.717) is 24.5 Å². The summed E-state index contributed by atoms with van der Waals surface area (Å²) in [6, 6.07) is 23.7. The van der Waals surface area contributed by atoms with Gasteiger partial charge < -0.3 is 10.1 Å². The van der Waals surface area contributed by atoms with E-state index in [4.69, 9.17) is 4.74 Å². The number of carbonyl (C=O) groups is 1. The van der Waals surface area contributed by atoms with Gasteiger partial charge in [0.2, 0.25) is 0 Å². The van der Waals surface area contributed by atoms with E-state index in [-0.39, 0.29) is 5.91 Å². The normalized spacial score (nSPS) is 10.7. The third kappa shape index (κ3) is 5.43. The van der Waals surface area contributed by atoms with Gasteiger partial charge in [-0.05, 0) is 55.7 Å². The lowest BCUT2D eigenvalue weighted by Crippen LogP contribution is -2.13. The average Bonchev–Trinajstić information content (AvgIpc) is 3.21. The molecule has 0 saturated heterocycles. The van der Waals surface area contributed by atoms with E-state index in [9.17, 15) is 4.79 Å². The van der Waals surface area contributed by atoms with Crippen LogP contribution in [0.5, 0.6) is 5.75 Å². The van der Waals surface area contributed by atoms with Crippen LogP contribution in [-0.4, -0.2) is 15.7 Å². The first-order valence-corrected chi connectivity index (χ1v) is 10.7. The van der Waals surface area contributed by atoms with E-state index in [1.807, 2.05) is 48.1 Å². The second kappa shape index (κ2) is 9.52. The molecule has 0 fully saturated rings. The van der Waals surface area contributed by atoms with E-state index < -0.39 is 0 Å². The molecule has 4 rings (SSSR count). The van der Waals surface area contributed by atoms with Gasteiger partial charge in [-0.25, -0.2) is 0 Å². The van der Waals surface area contributed by atoms with E-state index in [1.165, 1.54) is 11.1 Å². The van der Waals surface area contributed by atoms with Gasteiger partial charge in [0.05, 0.1) is 6.54 Å². The Labute approximate surface area is 188 Å². The van der Waals surface area contributed by atoms with E-state index >= 15 is 0 Å². The van der Waals surface area contributed by atoms with Crippen molar-refractivity contribution in [1.29, 1.82) is 0 Å². The molecule has 5 nitrogen and oxygen atoms in total. The fourth-order valence-corrected chi connectivity index (χ4v) is 3.51. The Bertz CT molecular complexity index is 1230. The summed E-state index contributed by atoms with van der Waals surface area (Å²) in [5, 5.41) is 7.35. The van der Waals surface area contributed by atoms with E-state index in [2.05, 4.69) is 54.6 Å². The minimum absolute atomic E-state index is 0.195. The summed E-state index contributed by atoms with van der Waals surface area (Å²) in [6.45, 7) is 7.21. The molecule has 1 N–H and O–H groups in total. The molecule has 0 aliphatic carbocycles. The summed E-state index contributed by atoms with van der Waals surface area (Å²) in [4.78, 5) is 12.7. The Morgan fingerprint density at radius 2 is 1.69 bits per heavy atom. The molecule has 0 aliphatic rings. The van der Waals surface area contributed by atoms with Gasteiger partial charge in [0.1, 0.15) is 12.4 Å². The first-order chi connectivity index (χ1) is 15.5. The highest BCUT2D eigenvalue weighted by atomic mass is 16.5. The number of amides is 1. The molecular formula is C27H27N3O2. The van der Waals surface area contributed by atoms with E-state index in [1.54, 1.807) is 12.1 Å². The van der Waals surface area contributed by atoms with Gasteiger partial charge in [0.25, 0.3) is 5.91 Å². The van der Waals surface area contributed by atoms with Gasteiger partial charge >= 0.3 is 0 Å². The molecule has 0 spiro atoms. The van der Waals surface area contributed by atoms with Gasteiger partial charge in [0.15, 0.2) is 5.82 Å². The maximum atomic E-state index is 12.7. The van der Waals surface area contributed by atoms with Gasteiger partial charge in [-0.2, -0.15) is 5.10 Å². The molecular weight excluding hydrogens is 398 g/mol. The highest BCUT2D eigenvalue weighted by molar-refractivity contribution is 6.03. The van der Waals surface area contributed by atoms with Crippen molar-refractivity contribution in [2.75, 3.05) is 5.32 Å². The van der Waals surface area contributed by atoms with Gasteiger partial charge in [0, 0.05) is 17.8 Å². The number of rotatable bonds is 7. The van der Waals surface area contributed by atoms with Crippen LogP contribution in [0.4, 0.5) is 5.82 Å². The highest BCUT2D eigenvalue weighted by Gasteiger charge is 2.10. The molecule has 1 aromatic heterocycles. The summed E-state index contributed by atoms with van der Waals surface area (Å²) in [5.41, 5.74) is 6.19. The van der Waals surface area contributed by atoms with Crippen LogP contribution in [0.15, 0.2) is 79.0 Å². The lowest BCUT2D eigenvalue weighted by Gasteiger charge is -2.10. The van der Waals surface area contributed by atoms with Crippen molar-refractivity contribution in [3.8, 4) is 5.75 Å². The van der Waals surface area contributed by atoms with Crippen LogP contribution in [0.1, 0.15) is 38.2 Å². The molecule has 0 unspecified atom stereocenters. The first-order valence-electron chi connectivity index (χ1n) is 10.7. The number of nitrogens with one attached hydrogen (secondary N) is 1. The Balaban J connectivity index is 1.37. The number of carbonyl (C=O) groups excluding carboxylic acids is 1. The molecule has 1 heterocycles. The van der Waals surface area contributed by atoms with Crippen LogP contribution in [0.25, 0.3) is 0 Å². The fourth-order valence-electron chi connectivity index (χ4n) is 3.51. The van der Waals surface area contributed by atoms with Gasteiger partial charge in [-0.3, -0.25) is 9.48 Å². The van der Waals surface area contributed by atoms with Crippen LogP contribution in [0.3, 0.4) is 0 Å². The Hall–Kier alpha value is -3.86. The third-order valence-electron chi connectivity index (χ3n) is 5.26. The fraction of sp³-hybridized carbons (Fsp3) is 0.185. The van der Waals surface area contributed by atoms with Crippen molar-refractivity contribution >= 4 is 11.7 Å². The summed E-state index contributed by atoms with van der Waals surface area (Å²) >= 11 is 0. The van der Waals surface area contributed by atoms with Crippen LogP contribution in [0.2, 0.25) is 0 Å². The quantitative estimate of drug-likeness (QED) is 0.414. The molecule has 5 heteroatoms. The zero-order valence-corrected chi connectivity index (χ0v) is 18.6. The largest absolute Gasteiger partial charge is 0.489 e. The number of aromatic nitrogens is 2. The van der Waals surface area contributed by atoms with Crippen molar-refractivity contribution in [3.63, 3.8) is 0 Å². The molecule has 1 amide bonds. The topological polar surface area (TPSA) is 56.2 Å². The predicted molar refractivity (Wildman–Crippen MR) is 127 cm³/mol. The number of hydrogen-bond acceptors (Lipinski definition) is 3. The smallest absolute Gasteiger partial charge is 0.256 e. The van der Waals surface area contributed by atoms with Crippen LogP contribution < -0.4 is 10.1 Å². The van der Waals surface area contributed by atoms with Crippen molar-refractivity contribution in [1.82, 2.24) is 9.78 Å². The monoisotopic (exact) mass is 425 g/mol. The average molecular weight is 426 g/mol. The van der Waals surface area contributed by atoms with E-state index in [0.717, 1.165) is 22.4 Å². The minimum atomic E-state index is -0.195. The summed E-state index contributed by atoms with van der Waals surface area (Å²) in [5.74, 6) is 1.18. The molecule has 0 atom stereocenters. The molecule has 0 bridgehead atoms. The van der Waals surface area contributed by atoms with Crippen molar-refractivity contribution < 1.29 is 9.53 Å². The lowest BCUT2D eigenvalue weighted by atomic mass is 10.1. The molecule has 32 heavy (non-hydrogen) atoms. The molecule has 0 saturated carbocycles. The molecule has 4 aromatic rings. The zero-order chi connectivity index (χ0) is 22.5. The van der Waals surface area contributed by atoms with Crippen LogP contribution in [-0.2, 0) is 13.2 Å². The minimum Gasteiger partial charge on any atom is -0.489 e. The van der Waals surface area contributed by atoms with Gasteiger partial charge in [-0.15, -0.1) is 0 Å². The maximum absolute atomic E-state index is 12.7. The Kier molecular flexibility index (Phi) is 6.36.